The third-order valence-electron chi connectivity index (χ3n) is 2.90. The van der Waals surface area contributed by atoms with E-state index in [1.54, 1.807) is 19.2 Å². The average Bonchev–Trinajstić information content (AvgIpc) is 2.36. The van der Waals surface area contributed by atoms with Gasteiger partial charge in [0.1, 0.15) is 5.69 Å². The number of pyridine rings is 2. The molecule has 0 fully saturated rings. The summed E-state index contributed by atoms with van der Waals surface area (Å²) in [4.78, 5) is 31.9. The molecule has 2 heterocycles. The first kappa shape index (κ1) is 14.0. The Morgan fingerprint density at radius 3 is 2.70 bits per heavy atom. The summed E-state index contributed by atoms with van der Waals surface area (Å²) >= 11 is 0. The normalized spacial score (nSPS) is 10.3. The van der Waals surface area contributed by atoms with Gasteiger partial charge in [-0.25, -0.2) is 0 Å². The molecule has 5 nitrogen and oxygen atoms in total. The SMILES string of the molecule is Cc1cc(C)nc(CN(C)C(=O)c2cccc(=O)[nH]2)c1. The predicted octanol–water partition coefficient (Wildman–Crippen LogP) is 1.66. The van der Waals surface area contributed by atoms with E-state index in [9.17, 15) is 9.59 Å². The van der Waals surface area contributed by atoms with Gasteiger partial charge < -0.3 is 9.88 Å². The molecule has 0 aliphatic rings. The summed E-state index contributed by atoms with van der Waals surface area (Å²) in [6.45, 7) is 4.32. The third kappa shape index (κ3) is 3.32. The van der Waals surface area contributed by atoms with Crippen molar-refractivity contribution in [2.45, 2.75) is 20.4 Å². The molecule has 2 aromatic heterocycles. The van der Waals surface area contributed by atoms with E-state index in [4.69, 9.17) is 0 Å². The van der Waals surface area contributed by atoms with Crippen LogP contribution in [0.15, 0.2) is 35.1 Å². The molecule has 0 atom stereocenters. The molecule has 0 unspecified atom stereocenters. The van der Waals surface area contributed by atoms with Gasteiger partial charge in [-0.05, 0) is 37.6 Å². The Hall–Kier alpha value is -2.43. The van der Waals surface area contributed by atoms with Gasteiger partial charge in [0.15, 0.2) is 0 Å². The number of aryl methyl sites for hydroxylation is 2. The van der Waals surface area contributed by atoms with Crippen LogP contribution in [0.1, 0.15) is 27.4 Å². The van der Waals surface area contributed by atoms with Crippen LogP contribution in [-0.4, -0.2) is 27.8 Å². The number of nitrogens with one attached hydrogen (secondary N) is 1. The van der Waals surface area contributed by atoms with Crippen molar-refractivity contribution in [3.8, 4) is 0 Å². The topological polar surface area (TPSA) is 66.1 Å². The van der Waals surface area contributed by atoms with Crippen molar-refractivity contribution in [2.75, 3.05) is 7.05 Å². The van der Waals surface area contributed by atoms with Gasteiger partial charge in [-0.15, -0.1) is 0 Å². The fourth-order valence-electron chi connectivity index (χ4n) is 2.10. The van der Waals surface area contributed by atoms with Crippen LogP contribution in [0.25, 0.3) is 0 Å². The Labute approximate surface area is 117 Å². The number of hydrogen-bond acceptors (Lipinski definition) is 3. The molecule has 20 heavy (non-hydrogen) atoms. The molecule has 0 spiro atoms. The molecular formula is C15H17N3O2. The van der Waals surface area contributed by atoms with E-state index in [1.807, 2.05) is 26.0 Å². The summed E-state index contributed by atoms with van der Waals surface area (Å²) in [7, 11) is 1.69. The molecule has 0 aliphatic carbocycles. The molecule has 0 saturated heterocycles. The minimum absolute atomic E-state index is 0.233. The molecule has 104 valence electrons. The zero-order valence-corrected chi connectivity index (χ0v) is 11.8. The number of amides is 1. The zero-order chi connectivity index (χ0) is 14.7. The van der Waals surface area contributed by atoms with Crippen LogP contribution < -0.4 is 5.56 Å². The number of nitrogens with zero attached hydrogens (tertiary/aromatic N) is 2. The van der Waals surface area contributed by atoms with E-state index in [1.165, 1.54) is 11.0 Å². The Kier molecular flexibility index (Phi) is 3.98. The highest BCUT2D eigenvalue weighted by atomic mass is 16.2. The lowest BCUT2D eigenvalue weighted by Gasteiger charge is -2.17. The average molecular weight is 271 g/mol. The Balaban J connectivity index is 2.17. The maximum absolute atomic E-state index is 12.2. The number of H-pyrrole nitrogens is 1. The first-order valence-electron chi connectivity index (χ1n) is 6.34. The Morgan fingerprint density at radius 2 is 2.05 bits per heavy atom. The zero-order valence-electron chi connectivity index (χ0n) is 11.8. The molecule has 1 amide bonds. The molecule has 2 aromatic rings. The summed E-state index contributed by atoms with van der Waals surface area (Å²) in [5, 5.41) is 0. The number of aromatic amines is 1. The first-order valence-corrected chi connectivity index (χ1v) is 6.34. The lowest BCUT2D eigenvalue weighted by molar-refractivity contribution is 0.0777. The van der Waals surface area contributed by atoms with Gasteiger partial charge in [0.2, 0.25) is 5.56 Å². The van der Waals surface area contributed by atoms with Crippen LogP contribution in [0, 0.1) is 13.8 Å². The molecule has 0 aliphatic heterocycles. The maximum atomic E-state index is 12.2. The van der Waals surface area contributed by atoms with Gasteiger partial charge in [-0.3, -0.25) is 14.6 Å². The molecular weight excluding hydrogens is 254 g/mol. The summed E-state index contributed by atoms with van der Waals surface area (Å²) < 4.78 is 0. The van der Waals surface area contributed by atoms with Crippen LogP contribution in [0.3, 0.4) is 0 Å². The fraction of sp³-hybridized carbons (Fsp3) is 0.267. The van der Waals surface area contributed by atoms with Crippen molar-refractivity contribution in [3.63, 3.8) is 0 Å². The number of aromatic nitrogens is 2. The van der Waals surface area contributed by atoms with Crippen molar-refractivity contribution in [1.29, 1.82) is 0 Å². The smallest absolute Gasteiger partial charge is 0.270 e. The van der Waals surface area contributed by atoms with Gasteiger partial charge in [-0.1, -0.05) is 6.07 Å². The largest absolute Gasteiger partial charge is 0.335 e. The summed E-state index contributed by atoms with van der Waals surface area (Å²) in [6.07, 6.45) is 0. The van der Waals surface area contributed by atoms with Crippen LogP contribution in [0.4, 0.5) is 0 Å². The van der Waals surface area contributed by atoms with Crippen molar-refractivity contribution >= 4 is 5.91 Å². The van der Waals surface area contributed by atoms with Crippen LogP contribution in [0.5, 0.6) is 0 Å². The first-order chi connectivity index (χ1) is 9.45. The number of carbonyl (C=O) groups is 1. The molecule has 0 aromatic carbocycles. The van der Waals surface area contributed by atoms with E-state index in [-0.39, 0.29) is 17.2 Å². The van der Waals surface area contributed by atoms with E-state index in [0.717, 1.165) is 17.0 Å². The van der Waals surface area contributed by atoms with Crippen molar-refractivity contribution in [3.05, 3.63) is 63.3 Å². The molecule has 0 radical (unpaired) electrons. The van der Waals surface area contributed by atoms with Gasteiger partial charge in [0.05, 0.1) is 12.2 Å². The molecule has 5 heteroatoms. The minimum atomic E-state index is -0.284. The molecule has 0 bridgehead atoms. The highest BCUT2D eigenvalue weighted by Crippen LogP contribution is 2.08. The fourth-order valence-corrected chi connectivity index (χ4v) is 2.10. The highest BCUT2D eigenvalue weighted by Gasteiger charge is 2.13. The predicted molar refractivity (Wildman–Crippen MR) is 76.6 cm³/mol. The summed E-state index contributed by atoms with van der Waals surface area (Å²) in [5.41, 5.74) is 2.87. The number of carbonyl (C=O) groups excluding carboxylic acids is 1. The standard InChI is InChI=1S/C15H17N3O2/c1-10-7-11(2)16-12(8-10)9-18(3)15(20)13-5-4-6-14(19)17-13/h4-8H,9H2,1-3H3,(H,17,19). The van der Waals surface area contributed by atoms with E-state index < -0.39 is 0 Å². The van der Waals surface area contributed by atoms with Crippen LogP contribution in [0.2, 0.25) is 0 Å². The van der Waals surface area contributed by atoms with Crippen LogP contribution in [-0.2, 0) is 6.54 Å². The van der Waals surface area contributed by atoms with Crippen molar-refractivity contribution in [1.82, 2.24) is 14.9 Å². The number of rotatable bonds is 3. The quantitative estimate of drug-likeness (QED) is 0.923. The maximum Gasteiger partial charge on any atom is 0.270 e. The Bertz CT molecular complexity index is 671. The van der Waals surface area contributed by atoms with E-state index in [0.29, 0.717) is 6.54 Å². The minimum Gasteiger partial charge on any atom is -0.335 e. The van der Waals surface area contributed by atoms with Crippen LogP contribution >= 0.6 is 0 Å². The van der Waals surface area contributed by atoms with E-state index >= 15 is 0 Å². The molecule has 2 rings (SSSR count). The molecule has 0 saturated carbocycles. The Morgan fingerprint density at radius 1 is 1.30 bits per heavy atom. The summed E-state index contributed by atoms with van der Waals surface area (Å²) in [6, 6.07) is 8.47. The van der Waals surface area contributed by atoms with Crippen molar-refractivity contribution in [2.24, 2.45) is 0 Å². The number of hydrogen-bond donors (Lipinski definition) is 1. The summed E-state index contributed by atoms with van der Waals surface area (Å²) in [5.74, 6) is -0.233. The van der Waals surface area contributed by atoms with Gasteiger partial charge in [-0.2, -0.15) is 0 Å². The van der Waals surface area contributed by atoms with Crippen molar-refractivity contribution < 1.29 is 4.79 Å². The monoisotopic (exact) mass is 271 g/mol. The van der Waals surface area contributed by atoms with Gasteiger partial charge in [0, 0.05) is 18.8 Å². The second-order valence-corrected chi connectivity index (χ2v) is 4.87. The second-order valence-electron chi connectivity index (χ2n) is 4.87. The second kappa shape index (κ2) is 5.69. The lowest BCUT2D eigenvalue weighted by atomic mass is 10.2. The third-order valence-corrected chi connectivity index (χ3v) is 2.90. The molecule has 1 N–H and O–H groups in total. The van der Waals surface area contributed by atoms with E-state index in [2.05, 4.69) is 9.97 Å². The van der Waals surface area contributed by atoms with Gasteiger partial charge in [0.25, 0.3) is 5.91 Å². The highest BCUT2D eigenvalue weighted by molar-refractivity contribution is 5.91. The van der Waals surface area contributed by atoms with Gasteiger partial charge >= 0.3 is 0 Å². The lowest BCUT2D eigenvalue weighted by Crippen LogP contribution is -2.28.